The molecule has 0 spiro atoms. The summed E-state index contributed by atoms with van der Waals surface area (Å²) in [6, 6.07) is 5.18. The topological polar surface area (TPSA) is 72.8 Å². The monoisotopic (exact) mass is 420 g/mol. The summed E-state index contributed by atoms with van der Waals surface area (Å²) in [6.07, 6.45) is 14.4. The molecule has 0 aliphatic carbocycles. The number of rotatable bonds is 11. The molecule has 1 aromatic carbocycles. The van der Waals surface area contributed by atoms with E-state index in [0.717, 1.165) is 36.7 Å². The molecule has 0 fully saturated rings. The summed E-state index contributed by atoms with van der Waals surface area (Å²) >= 11 is 0. The molecule has 0 unspecified atom stereocenters. The van der Waals surface area contributed by atoms with Crippen molar-refractivity contribution >= 4 is 18.3 Å². The summed E-state index contributed by atoms with van der Waals surface area (Å²) in [5.41, 5.74) is 0.745. The highest BCUT2D eigenvalue weighted by Crippen LogP contribution is 2.27. The van der Waals surface area contributed by atoms with Gasteiger partial charge in [-0.1, -0.05) is 58.3 Å². The molecular formula is C25H40O5. The van der Waals surface area contributed by atoms with Gasteiger partial charge in [0.05, 0.1) is 14.2 Å². The Bertz CT molecular complexity index is 620. The van der Waals surface area contributed by atoms with Crippen molar-refractivity contribution in [1.82, 2.24) is 0 Å². The maximum atomic E-state index is 10.3. The Morgan fingerprint density at radius 3 is 2.23 bits per heavy atom. The lowest BCUT2D eigenvalue weighted by molar-refractivity contribution is -0.131. The number of aliphatic carboxylic acids is 1. The minimum atomic E-state index is -0.982. The summed E-state index contributed by atoms with van der Waals surface area (Å²) in [6.45, 7) is 8.79. The predicted molar refractivity (Wildman–Crippen MR) is 125 cm³/mol. The van der Waals surface area contributed by atoms with Crippen molar-refractivity contribution in [2.24, 2.45) is 5.92 Å². The van der Waals surface area contributed by atoms with Crippen LogP contribution in [-0.4, -0.2) is 31.6 Å². The number of carboxylic acid groups (broad SMARTS) is 1. The highest BCUT2D eigenvalue weighted by atomic mass is 16.5. The molecule has 0 saturated heterocycles. The van der Waals surface area contributed by atoms with Gasteiger partial charge >= 0.3 is 5.97 Å². The van der Waals surface area contributed by atoms with Crippen LogP contribution in [0.3, 0.4) is 0 Å². The van der Waals surface area contributed by atoms with Gasteiger partial charge in [-0.15, -0.1) is 0 Å². The molecule has 170 valence electrons. The molecule has 0 bridgehead atoms. The zero-order valence-electron chi connectivity index (χ0n) is 19.5. The van der Waals surface area contributed by atoms with Gasteiger partial charge in [0.25, 0.3) is 0 Å². The van der Waals surface area contributed by atoms with Crippen LogP contribution in [0.2, 0.25) is 0 Å². The normalized spacial score (nSPS) is 11.1. The number of unbranched alkanes of at least 4 members (excludes halogenated alkanes) is 2. The fraction of sp³-hybridized carbons (Fsp3) is 0.520. The average Bonchev–Trinajstić information content (AvgIpc) is 2.76. The zero-order chi connectivity index (χ0) is 23.2. The number of allylic oxidation sites excluding steroid dienone is 2. The van der Waals surface area contributed by atoms with E-state index in [1.54, 1.807) is 25.3 Å². The minimum Gasteiger partial charge on any atom is -0.493 e. The molecule has 0 radical (unpaired) electrons. The second-order valence-electron chi connectivity index (χ2n) is 6.75. The fourth-order valence-electron chi connectivity index (χ4n) is 2.31. The van der Waals surface area contributed by atoms with E-state index in [0.29, 0.717) is 17.9 Å². The van der Waals surface area contributed by atoms with E-state index < -0.39 is 5.97 Å². The Balaban J connectivity index is 0. The van der Waals surface area contributed by atoms with Crippen LogP contribution in [0.1, 0.15) is 71.8 Å². The van der Waals surface area contributed by atoms with Crippen molar-refractivity contribution in [3.8, 4) is 11.5 Å². The molecule has 5 heteroatoms. The molecule has 0 aliphatic heterocycles. The Morgan fingerprint density at radius 1 is 1.13 bits per heavy atom. The van der Waals surface area contributed by atoms with Crippen molar-refractivity contribution in [2.75, 3.05) is 14.2 Å². The Labute approximate surface area is 182 Å². The molecule has 1 N–H and O–H groups in total. The van der Waals surface area contributed by atoms with Gasteiger partial charge in [-0.25, -0.2) is 4.79 Å². The van der Waals surface area contributed by atoms with Crippen LogP contribution in [0, 0.1) is 5.92 Å². The molecule has 0 heterocycles. The quantitative estimate of drug-likeness (QED) is 0.190. The first kappa shape index (κ1) is 29.6. The van der Waals surface area contributed by atoms with Crippen LogP contribution in [-0.2, 0) is 9.59 Å². The fourth-order valence-corrected chi connectivity index (χ4v) is 2.31. The molecule has 0 aliphatic rings. The van der Waals surface area contributed by atoms with Crippen LogP contribution in [0.25, 0.3) is 6.08 Å². The molecule has 0 amide bonds. The number of aldehydes is 1. The van der Waals surface area contributed by atoms with Crippen LogP contribution in [0.5, 0.6) is 11.5 Å². The number of carboxylic acids is 1. The number of hydrogen-bond donors (Lipinski definition) is 1. The van der Waals surface area contributed by atoms with Crippen molar-refractivity contribution in [3.05, 3.63) is 42.0 Å². The molecule has 1 aromatic rings. The number of carbonyl (C=O) groups is 2. The summed E-state index contributed by atoms with van der Waals surface area (Å²) in [4.78, 5) is 20.1. The lowest BCUT2D eigenvalue weighted by atomic mass is 10.0. The summed E-state index contributed by atoms with van der Waals surface area (Å²) < 4.78 is 10.1. The lowest BCUT2D eigenvalue weighted by Crippen LogP contribution is -1.91. The second-order valence-corrected chi connectivity index (χ2v) is 6.75. The maximum Gasteiger partial charge on any atom is 0.328 e. The Kier molecular flexibility index (Phi) is 20.9. The number of methoxy groups -OCH3 is 2. The summed E-state index contributed by atoms with van der Waals surface area (Å²) in [5, 5.41) is 8.46. The SMILES string of the molecule is C/C=C\CCCC=O.CCC[C@H](C)CC.COc1ccc(/C=C/C(=O)O)cc1OC. The van der Waals surface area contributed by atoms with Crippen molar-refractivity contribution in [2.45, 2.75) is 66.2 Å². The van der Waals surface area contributed by atoms with Crippen molar-refractivity contribution < 1.29 is 24.2 Å². The predicted octanol–water partition coefficient (Wildman–Crippen LogP) is 6.57. The maximum absolute atomic E-state index is 10.3. The van der Waals surface area contributed by atoms with Crippen LogP contribution >= 0.6 is 0 Å². The lowest BCUT2D eigenvalue weighted by Gasteiger charge is -2.07. The van der Waals surface area contributed by atoms with E-state index >= 15 is 0 Å². The molecular weight excluding hydrogens is 380 g/mol. The van der Waals surface area contributed by atoms with Gasteiger partial charge in [-0.05, 0) is 49.5 Å². The highest BCUT2D eigenvalue weighted by molar-refractivity contribution is 5.85. The molecule has 0 saturated carbocycles. The number of ether oxygens (including phenoxy) is 2. The molecule has 5 nitrogen and oxygen atoms in total. The van der Waals surface area contributed by atoms with Gasteiger partial charge in [0, 0.05) is 12.5 Å². The standard InChI is InChI=1S/C11H12O4.C7H12O.C7H16/c1-14-9-5-3-8(4-6-11(12)13)7-10(9)15-2;1-2-3-4-5-6-7-8;1-4-6-7(3)5-2/h3-7H,1-2H3,(H,12,13);2-3,7H,4-6H2,1H3;7H,4-6H2,1-3H3/b6-4+;3-2-;/t;;7-/m..1/s1. The van der Waals surface area contributed by atoms with Crippen molar-refractivity contribution in [3.63, 3.8) is 0 Å². The molecule has 1 rings (SSSR count). The second kappa shape index (κ2) is 21.2. The smallest absolute Gasteiger partial charge is 0.328 e. The van der Waals surface area contributed by atoms with Crippen LogP contribution < -0.4 is 9.47 Å². The summed E-state index contributed by atoms with van der Waals surface area (Å²) in [5.74, 6) is 1.16. The first-order valence-electron chi connectivity index (χ1n) is 10.6. The van der Waals surface area contributed by atoms with E-state index in [1.807, 2.05) is 13.0 Å². The third-order valence-electron chi connectivity index (χ3n) is 4.23. The van der Waals surface area contributed by atoms with Gasteiger partial charge in [0.1, 0.15) is 6.29 Å². The zero-order valence-corrected chi connectivity index (χ0v) is 19.5. The Morgan fingerprint density at radius 2 is 1.80 bits per heavy atom. The van der Waals surface area contributed by atoms with Crippen molar-refractivity contribution in [1.29, 1.82) is 0 Å². The van der Waals surface area contributed by atoms with E-state index in [-0.39, 0.29) is 0 Å². The van der Waals surface area contributed by atoms with E-state index in [4.69, 9.17) is 14.6 Å². The number of benzene rings is 1. The Hall–Kier alpha value is -2.56. The van der Waals surface area contributed by atoms with Crippen LogP contribution in [0.4, 0.5) is 0 Å². The largest absolute Gasteiger partial charge is 0.493 e. The minimum absolute atomic E-state index is 0.574. The van der Waals surface area contributed by atoms with Crippen LogP contribution in [0.15, 0.2) is 36.4 Å². The van der Waals surface area contributed by atoms with E-state index in [1.165, 1.54) is 32.4 Å². The average molecular weight is 421 g/mol. The van der Waals surface area contributed by atoms with Gasteiger partial charge in [-0.3, -0.25) is 0 Å². The third kappa shape index (κ3) is 17.5. The number of hydrogen-bond acceptors (Lipinski definition) is 4. The molecule has 0 aromatic heterocycles. The van der Waals surface area contributed by atoms with Gasteiger partial charge in [-0.2, -0.15) is 0 Å². The highest BCUT2D eigenvalue weighted by Gasteiger charge is 2.02. The van der Waals surface area contributed by atoms with Gasteiger partial charge in [0.2, 0.25) is 0 Å². The third-order valence-corrected chi connectivity index (χ3v) is 4.23. The number of carbonyl (C=O) groups excluding carboxylic acids is 1. The van der Waals surface area contributed by atoms with E-state index in [9.17, 15) is 9.59 Å². The molecule has 30 heavy (non-hydrogen) atoms. The van der Waals surface area contributed by atoms with Gasteiger partial charge in [0.15, 0.2) is 11.5 Å². The summed E-state index contributed by atoms with van der Waals surface area (Å²) in [7, 11) is 3.08. The first-order valence-corrected chi connectivity index (χ1v) is 10.6. The van der Waals surface area contributed by atoms with E-state index in [2.05, 4.69) is 26.8 Å². The molecule has 1 atom stereocenters. The first-order chi connectivity index (χ1) is 14.4. The van der Waals surface area contributed by atoms with Gasteiger partial charge < -0.3 is 19.4 Å².